The summed E-state index contributed by atoms with van der Waals surface area (Å²) in [6.07, 6.45) is 5.60. The first-order chi connectivity index (χ1) is 8.92. The fraction of sp³-hybridized carbons (Fsp3) is 0.600. The highest BCUT2D eigenvalue weighted by Gasteiger charge is 2.21. The third-order valence-electron chi connectivity index (χ3n) is 3.08. The lowest BCUT2D eigenvalue weighted by molar-refractivity contribution is -0.116. The summed E-state index contributed by atoms with van der Waals surface area (Å²) in [5, 5.41) is 6.20. The van der Waals surface area contributed by atoms with Crippen molar-refractivity contribution in [1.82, 2.24) is 4.98 Å². The molecule has 1 saturated carbocycles. The lowest BCUT2D eigenvalue weighted by atomic mass is 9.90. The zero-order valence-electron chi connectivity index (χ0n) is 12.0. The lowest BCUT2D eigenvalue weighted by Gasteiger charge is -2.17. The van der Waals surface area contributed by atoms with E-state index in [1.807, 2.05) is 12.1 Å². The summed E-state index contributed by atoms with van der Waals surface area (Å²) in [4.78, 5) is 16.1. The molecule has 0 saturated heterocycles. The minimum absolute atomic E-state index is 0.0552. The molecule has 19 heavy (non-hydrogen) atoms. The van der Waals surface area contributed by atoms with Gasteiger partial charge in [0.15, 0.2) is 0 Å². The normalized spacial score (nSPS) is 15.1. The third kappa shape index (κ3) is 5.28. The summed E-state index contributed by atoms with van der Waals surface area (Å²) in [5.41, 5.74) is 0.952. The molecule has 1 heterocycles. The summed E-state index contributed by atoms with van der Waals surface area (Å²) in [7, 11) is 0. The van der Waals surface area contributed by atoms with Crippen molar-refractivity contribution in [1.29, 1.82) is 0 Å². The van der Waals surface area contributed by atoms with Crippen LogP contribution in [-0.2, 0) is 4.79 Å². The van der Waals surface area contributed by atoms with Crippen LogP contribution in [0, 0.1) is 5.41 Å². The van der Waals surface area contributed by atoms with Crippen molar-refractivity contribution in [2.75, 3.05) is 10.6 Å². The number of aromatic nitrogens is 1. The molecule has 0 unspecified atom stereocenters. The molecule has 0 aromatic carbocycles. The molecule has 1 aliphatic carbocycles. The monoisotopic (exact) mass is 261 g/mol. The molecule has 1 aliphatic rings. The van der Waals surface area contributed by atoms with Crippen LogP contribution in [0.3, 0.4) is 0 Å². The molecular formula is C15H23N3O. The first kappa shape index (κ1) is 13.8. The maximum atomic E-state index is 11.8. The zero-order valence-corrected chi connectivity index (χ0v) is 12.0. The minimum Gasteiger partial charge on any atom is -0.367 e. The van der Waals surface area contributed by atoms with E-state index in [4.69, 9.17) is 0 Å². The van der Waals surface area contributed by atoms with Crippen LogP contribution >= 0.6 is 0 Å². The Balaban J connectivity index is 1.79. The Morgan fingerprint density at radius 1 is 1.37 bits per heavy atom. The third-order valence-corrected chi connectivity index (χ3v) is 3.08. The Morgan fingerprint density at radius 3 is 2.63 bits per heavy atom. The molecule has 104 valence electrons. The van der Waals surface area contributed by atoms with E-state index in [9.17, 15) is 4.79 Å². The molecule has 2 rings (SSSR count). The number of amides is 1. The van der Waals surface area contributed by atoms with Crippen LogP contribution in [0.5, 0.6) is 0 Å². The average Bonchev–Trinajstić information content (AvgIpc) is 3.12. The van der Waals surface area contributed by atoms with Crippen molar-refractivity contribution in [2.45, 2.75) is 52.5 Å². The number of pyridine rings is 1. The van der Waals surface area contributed by atoms with E-state index >= 15 is 0 Å². The van der Waals surface area contributed by atoms with Gasteiger partial charge in [0, 0.05) is 12.5 Å². The number of nitrogens with zero attached hydrogens (tertiary/aromatic N) is 1. The Morgan fingerprint density at radius 2 is 2.11 bits per heavy atom. The van der Waals surface area contributed by atoms with E-state index in [0.717, 1.165) is 17.9 Å². The largest absolute Gasteiger partial charge is 0.367 e. The Hall–Kier alpha value is -1.58. The van der Waals surface area contributed by atoms with Gasteiger partial charge in [-0.1, -0.05) is 20.8 Å². The van der Waals surface area contributed by atoms with Gasteiger partial charge in [0.05, 0.1) is 11.9 Å². The average molecular weight is 261 g/mol. The van der Waals surface area contributed by atoms with E-state index in [1.165, 1.54) is 12.8 Å². The van der Waals surface area contributed by atoms with Crippen LogP contribution in [0.15, 0.2) is 18.3 Å². The number of anilines is 2. The zero-order chi connectivity index (χ0) is 13.9. The maximum absolute atomic E-state index is 11.8. The van der Waals surface area contributed by atoms with Crippen molar-refractivity contribution in [3.05, 3.63) is 18.3 Å². The smallest absolute Gasteiger partial charge is 0.224 e. The molecular weight excluding hydrogens is 238 g/mol. The topological polar surface area (TPSA) is 54.0 Å². The van der Waals surface area contributed by atoms with Crippen LogP contribution in [0.4, 0.5) is 11.5 Å². The van der Waals surface area contributed by atoms with Crippen molar-refractivity contribution < 1.29 is 4.79 Å². The highest BCUT2D eigenvalue weighted by molar-refractivity contribution is 5.90. The second-order valence-electron chi connectivity index (χ2n) is 6.46. The molecule has 4 nitrogen and oxygen atoms in total. The SMILES string of the molecule is CC(C)(C)CCC(=O)Nc1ccc(NC2CC2)nc1. The van der Waals surface area contributed by atoms with Gasteiger partial charge >= 0.3 is 0 Å². The van der Waals surface area contributed by atoms with Crippen LogP contribution in [-0.4, -0.2) is 16.9 Å². The molecule has 1 fully saturated rings. The molecule has 2 N–H and O–H groups in total. The maximum Gasteiger partial charge on any atom is 0.224 e. The van der Waals surface area contributed by atoms with Gasteiger partial charge in [-0.25, -0.2) is 4.98 Å². The molecule has 0 spiro atoms. The standard InChI is InChI=1S/C15H23N3O/c1-15(2,3)9-8-14(19)18-12-6-7-13(16-10-12)17-11-4-5-11/h6-7,10-11H,4-5,8-9H2,1-3H3,(H,16,17)(H,18,19). The lowest BCUT2D eigenvalue weighted by Crippen LogP contribution is -2.15. The van der Waals surface area contributed by atoms with Gasteiger partial charge in [-0.2, -0.15) is 0 Å². The summed E-state index contributed by atoms with van der Waals surface area (Å²) < 4.78 is 0. The molecule has 0 radical (unpaired) electrons. The van der Waals surface area contributed by atoms with Crippen LogP contribution in [0.2, 0.25) is 0 Å². The second kappa shape index (κ2) is 5.59. The number of carbonyl (C=O) groups excluding carboxylic acids is 1. The molecule has 4 heteroatoms. The molecule has 0 atom stereocenters. The van der Waals surface area contributed by atoms with Crippen molar-refractivity contribution >= 4 is 17.4 Å². The van der Waals surface area contributed by atoms with E-state index < -0.39 is 0 Å². The van der Waals surface area contributed by atoms with E-state index in [2.05, 4.69) is 36.4 Å². The fourth-order valence-electron chi connectivity index (χ4n) is 1.70. The molecule has 1 aromatic rings. The number of hydrogen-bond donors (Lipinski definition) is 2. The van der Waals surface area contributed by atoms with Crippen LogP contribution < -0.4 is 10.6 Å². The fourth-order valence-corrected chi connectivity index (χ4v) is 1.70. The quantitative estimate of drug-likeness (QED) is 0.854. The second-order valence-corrected chi connectivity index (χ2v) is 6.46. The highest BCUT2D eigenvalue weighted by Crippen LogP contribution is 2.24. The summed E-state index contributed by atoms with van der Waals surface area (Å²) >= 11 is 0. The van der Waals surface area contributed by atoms with Crippen molar-refractivity contribution in [2.24, 2.45) is 5.41 Å². The Labute approximate surface area is 115 Å². The van der Waals surface area contributed by atoms with Crippen molar-refractivity contribution in [3.63, 3.8) is 0 Å². The van der Waals surface area contributed by atoms with E-state index in [1.54, 1.807) is 6.20 Å². The Kier molecular flexibility index (Phi) is 4.08. The van der Waals surface area contributed by atoms with Crippen LogP contribution in [0.1, 0.15) is 46.5 Å². The number of nitrogens with one attached hydrogen (secondary N) is 2. The Bertz CT molecular complexity index is 430. The van der Waals surface area contributed by atoms with Crippen molar-refractivity contribution in [3.8, 4) is 0 Å². The predicted molar refractivity (Wildman–Crippen MR) is 78.2 cm³/mol. The van der Waals surface area contributed by atoms with Crippen LogP contribution in [0.25, 0.3) is 0 Å². The van der Waals surface area contributed by atoms with Gasteiger partial charge in [0.2, 0.25) is 5.91 Å². The number of hydrogen-bond acceptors (Lipinski definition) is 3. The molecule has 1 aromatic heterocycles. The summed E-state index contributed by atoms with van der Waals surface area (Å²) in [6, 6.07) is 4.41. The first-order valence-electron chi connectivity index (χ1n) is 6.95. The predicted octanol–water partition coefficient (Wildman–Crippen LogP) is 3.42. The number of rotatable bonds is 5. The van der Waals surface area contributed by atoms with Gasteiger partial charge in [0.25, 0.3) is 0 Å². The summed E-state index contributed by atoms with van der Waals surface area (Å²) in [6.45, 7) is 6.42. The summed E-state index contributed by atoms with van der Waals surface area (Å²) in [5.74, 6) is 0.940. The highest BCUT2D eigenvalue weighted by atomic mass is 16.1. The molecule has 0 aliphatic heterocycles. The van der Waals surface area contributed by atoms with E-state index in [-0.39, 0.29) is 11.3 Å². The van der Waals surface area contributed by atoms with Gasteiger partial charge in [0.1, 0.15) is 5.82 Å². The number of carbonyl (C=O) groups is 1. The minimum atomic E-state index is 0.0552. The van der Waals surface area contributed by atoms with E-state index in [0.29, 0.717) is 12.5 Å². The van der Waals surface area contributed by atoms with Gasteiger partial charge in [-0.15, -0.1) is 0 Å². The van der Waals surface area contributed by atoms with Gasteiger partial charge < -0.3 is 10.6 Å². The van der Waals surface area contributed by atoms with Gasteiger partial charge in [-0.05, 0) is 36.8 Å². The first-order valence-corrected chi connectivity index (χ1v) is 6.95. The molecule has 0 bridgehead atoms. The van der Waals surface area contributed by atoms with Gasteiger partial charge in [-0.3, -0.25) is 4.79 Å². The molecule has 1 amide bonds.